The third-order valence-corrected chi connectivity index (χ3v) is 1.74. The van der Waals surface area contributed by atoms with E-state index < -0.39 is 0 Å². The average Bonchev–Trinajstić information content (AvgIpc) is 2.25. The number of benzene rings is 1. The summed E-state index contributed by atoms with van der Waals surface area (Å²) >= 11 is 0. The van der Waals surface area contributed by atoms with Crippen LogP contribution in [0.15, 0.2) is 41.5 Å². The lowest BCUT2D eigenvalue weighted by molar-refractivity contribution is 1.08. The molecule has 0 saturated carbocycles. The molecule has 3 N–H and O–H groups in total. The van der Waals surface area contributed by atoms with Gasteiger partial charge in [0, 0.05) is 25.0 Å². The molecule has 3 heteroatoms. The smallest absolute Gasteiger partial charge is 0.0859 e. The minimum atomic E-state index is 0.313. The zero-order chi connectivity index (χ0) is 10.2. The van der Waals surface area contributed by atoms with Crippen molar-refractivity contribution in [2.75, 3.05) is 13.7 Å². The Morgan fingerprint density at radius 1 is 1.43 bits per heavy atom. The van der Waals surface area contributed by atoms with Crippen LogP contribution in [0.25, 0.3) is 5.57 Å². The zero-order valence-electron chi connectivity index (χ0n) is 8.27. The maximum atomic E-state index is 5.31. The molecule has 0 amide bonds. The SMILES string of the molecule is CN/C=C(\C=N/CN)c1ccccc1. The molecule has 0 aromatic heterocycles. The summed E-state index contributed by atoms with van der Waals surface area (Å²) in [6, 6.07) is 10.0. The molecule has 0 heterocycles. The van der Waals surface area contributed by atoms with Gasteiger partial charge in [0.2, 0.25) is 0 Å². The maximum absolute atomic E-state index is 5.31. The van der Waals surface area contributed by atoms with Gasteiger partial charge in [0.1, 0.15) is 0 Å². The Labute approximate surface area is 84.4 Å². The molecule has 3 nitrogen and oxygen atoms in total. The monoisotopic (exact) mass is 189 g/mol. The van der Waals surface area contributed by atoms with Gasteiger partial charge >= 0.3 is 0 Å². The topological polar surface area (TPSA) is 50.4 Å². The zero-order valence-corrected chi connectivity index (χ0v) is 8.27. The van der Waals surface area contributed by atoms with Gasteiger partial charge in [-0.25, -0.2) is 0 Å². The molecule has 0 fully saturated rings. The summed E-state index contributed by atoms with van der Waals surface area (Å²) < 4.78 is 0. The second-order valence-corrected chi connectivity index (χ2v) is 2.75. The van der Waals surface area contributed by atoms with Gasteiger partial charge in [0.15, 0.2) is 0 Å². The van der Waals surface area contributed by atoms with Gasteiger partial charge in [-0.15, -0.1) is 0 Å². The van der Waals surface area contributed by atoms with Gasteiger partial charge < -0.3 is 11.1 Å². The molecule has 0 unspecified atom stereocenters. The lowest BCUT2D eigenvalue weighted by atomic mass is 10.1. The molecule has 0 radical (unpaired) electrons. The fourth-order valence-corrected chi connectivity index (χ4v) is 1.13. The summed E-state index contributed by atoms with van der Waals surface area (Å²) in [4.78, 5) is 4.01. The fraction of sp³-hybridized carbons (Fsp3) is 0.182. The molecule has 0 aliphatic rings. The molecule has 0 spiro atoms. The Hall–Kier alpha value is -1.61. The number of hydrogen-bond donors (Lipinski definition) is 2. The summed E-state index contributed by atoms with van der Waals surface area (Å²) in [5.74, 6) is 0. The van der Waals surface area contributed by atoms with Gasteiger partial charge in [0.25, 0.3) is 0 Å². The van der Waals surface area contributed by atoms with Crippen LogP contribution in [0.2, 0.25) is 0 Å². The van der Waals surface area contributed by atoms with Crippen LogP contribution in [-0.2, 0) is 0 Å². The summed E-state index contributed by atoms with van der Waals surface area (Å²) in [5, 5.41) is 2.98. The van der Waals surface area contributed by atoms with Crippen LogP contribution in [-0.4, -0.2) is 19.9 Å². The first-order valence-corrected chi connectivity index (χ1v) is 4.51. The van der Waals surface area contributed by atoms with E-state index in [1.54, 1.807) is 6.21 Å². The van der Waals surface area contributed by atoms with Gasteiger partial charge in [-0.3, -0.25) is 4.99 Å². The second-order valence-electron chi connectivity index (χ2n) is 2.75. The van der Waals surface area contributed by atoms with Crippen molar-refractivity contribution >= 4 is 11.8 Å². The highest BCUT2D eigenvalue weighted by molar-refractivity contribution is 6.09. The predicted molar refractivity (Wildman–Crippen MR) is 61.0 cm³/mol. The first kappa shape index (κ1) is 10.5. The van der Waals surface area contributed by atoms with Crippen LogP contribution in [0.1, 0.15) is 5.56 Å². The Kier molecular flexibility index (Phi) is 4.44. The van der Waals surface area contributed by atoms with E-state index in [1.807, 2.05) is 43.6 Å². The normalized spacial score (nSPS) is 12.0. The molecule has 1 aromatic carbocycles. The van der Waals surface area contributed by atoms with Crippen molar-refractivity contribution in [1.29, 1.82) is 0 Å². The van der Waals surface area contributed by atoms with Crippen molar-refractivity contribution in [2.24, 2.45) is 10.7 Å². The van der Waals surface area contributed by atoms with Crippen LogP contribution in [0.4, 0.5) is 0 Å². The summed E-state index contributed by atoms with van der Waals surface area (Å²) in [6.45, 7) is 0.313. The lowest BCUT2D eigenvalue weighted by Gasteiger charge is -2.01. The van der Waals surface area contributed by atoms with Crippen molar-refractivity contribution in [1.82, 2.24) is 5.32 Å². The van der Waals surface area contributed by atoms with Crippen molar-refractivity contribution in [2.45, 2.75) is 0 Å². The molecule has 74 valence electrons. The Bertz CT molecular complexity index is 315. The number of nitrogens with zero attached hydrogens (tertiary/aromatic N) is 1. The summed E-state index contributed by atoms with van der Waals surface area (Å²) in [6.07, 6.45) is 3.67. The minimum Gasteiger partial charge on any atom is -0.393 e. The summed E-state index contributed by atoms with van der Waals surface area (Å²) in [5.41, 5.74) is 7.46. The molecule has 0 bridgehead atoms. The highest BCUT2D eigenvalue weighted by Crippen LogP contribution is 2.10. The second kappa shape index (κ2) is 5.94. The van der Waals surface area contributed by atoms with Crippen LogP contribution in [0, 0.1) is 0 Å². The molecule has 1 rings (SSSR count). The number of rotatable bonds is 4. The first-order valence-electron chi connectivity index (χ1n) is 4.51. The molecular formula is C11H15N3. The van der Waals surface area contributed by atoms with E-state index >= 15 is 0 Å². The Morgan fingerprint density at radius 2 is 2.14 bits per heavy atom. The van der Waals surface area contributed by atoms with E-state index in [0.29, 0.717) is 6.67 Å². The van der Waals surface area contributed by atoms with Crippen molar-refractivity contribution in [3.63, 3.8) is 0 Å². The first-order chi connectivity index (χ1) is 6.88. The molecule has 14 heavy (non-hydrogen) atoms. The predicted octanol–water partition coefficient (Wildman–Crippen LogP) is 1.23. The fourth-order valence-electron chi connectivity index (χ4n) is 1.13. The number of aliphatic imine (C=N–C) groups is 1. The third-order valence-electron chi connectivity index (χ3n) is 1.74. The molecule has 0 aliphatic carbocycles. The Balaban J connectivity index is 2.90. The highest BCUT2D eigenvalue weighted by Gasteiger charge is 1.95. The van der Waals surface area contributed by atoms with Gasteiger partial charge in [-0.1, -0.05) is 30.3 Å². The number of nitrogens with two attached hydrogens (primary N) is 1. The van der Waals surface area contributed by atoms with Gasteiger partial charge in [-0.05, 0) is 5.56 Å². The van der Waals surface area contributed by atoms with Crippen molar-refractivity contribution in [3.05, 3.63) is 42.1 Å². The van der Waals surface area contributed by atoms with Crippen LogP contribution < -0.4 is 11.1 Å². The quantitative estimate of drug-likeness (QED) is 0.700. The number of hydrogen-bond acceptors (Lipinski definition) is 3. The molecule has 0 atom stereocenters. The van der Waals surface area contributed by atoms with E-state index in [4.69, 9.17) is 5.73 Å². The maximum Gasteiger partial charge on any atom is 0.0859 e. The largest absolute Gasteiger partial charge is 0.393 e. The van der Waals surface area contributed by atoms with E-state index in [-0.39, 0.29) is 0 Å². The van der Waals surface area contributed by atoms with Crippen molar-refractivity contribution in [3.8, 4) is 0 Å². The minimum absolute atomic E-state index is 0.313. The molecular weight excluding hydrogens is 174 g/mol. The van der Waals surface area contributed by atoms with Crippen molar-refractivity contribution < 1.29 is 0 Å². The Morgan fingerprint density at radius 3 is 2.71 bits per heavy atom. The van der Waals surface area contributed by atoms with E-state index in [2.05, 4.69) is 10.3 Å². The van der Waals surface area contributed by atoms with Crippen LogP contribution in [0.5, 0.6) is 0 Å². The van der Waals surface area contributed by atoms with E-state index in [1.165, 1.54) is 0 Å². The standard InChI is InChI=1S/C11H15N3/c1-13-7-11(8-14-9-12)10-5-3-2-4-6-10/h2-8,13H,9,12H2,1H3/b11-7+,14-8-. The van der Waals surface area contributed by atoms with Crippen LogP contribution >= 0.6 is 0 Å². The van der Waals surface area contributed by atoms with Gasteiger partial charge in [0.05, 0.1) is 6.67 Å². The van der Waals surface area contributed by atoms with Gasteiger partial charge in [-0.2, -0.15) is 0 Å². The van der Waals surface area contributed by atoms with E-state index in [0.717, 1.165) is 11.1 Å². The van der Waals surface area contributed by atoms with Crippen LogP contribution in [0.3, 0.4) is 0 Å². The number of allylic oxidation sites excluding steroid dienone is 1. The highest BCUT2D eigenvalue weighted by atomic mass is 14.8. The lowest BCUT2D eigenvalue weighted by Crippen LogP contribution is -1.99. The van der Waals surface area contributed by atoms with E-state index in [9.17, 15) is 0 Å². The summed E-state index contributed by atoms with van der Waals surface area (Å²) in [7, 11) is 1.86. The average molecular weight is 189 g/mol. The number of nitrogens with one attached hydrogen (secondary N) is 1. The molecule has 1 aromatic rings. The third kappa shape index (κ3) is 3.03. The molecule has 0 aliphatic heterocycles. The molecule has 0 saturated heterocycles.